The van der Waals surface area contributed by atoms with Crippen LogP contribution in [0.5, 0.6) is 0 Å². The molecule has 1 aromatic carbocycles. The number of benzene rings is 1. The zero-order valence-corrected chi connectivity index (χ0v) is 14.5. The summed E-state index contributed by atoms with van der Waals surface area (Å²) < 4.78 is 0. The Morgan fingerprint density at radius 2 is 1.57 bits per heavy atom. The number of hydrogen-bond acceptors (Lipinski definition) is 2. The molecule has 3 unspecified atom stereocenters. The fourth-order valence-electron chi connectivity index (χ4n) is 2.62. The minimum Gasteiger partial charge on any atom is -0.315 e. The Morgan fingerprint density at radius 3 is 2.14 bits per heavy atom. The van der Waals surface area contributed by atoms with E-state index in [-0.39, 0.29) is 0 Å². The molecule has 120 valence electrons. The second-order valence-corrected chi connectivity index (χ2v) is 6.76. The van der Waals surface area contributed by atoms with E-state index in [2.05, 4.69) is 75.6 Å². The molecule has 0 aliphatic carbocycles. The molecule has 1 aromatic rings. The van der Waals surface area contributed by atoms with E-state index in [0.29, 0.717) is 17.9 Å². The summed E-state index contributed by atoms with van der Waals surface area (Å²) in [6.45, 7) is 14.6. The van der Waals surface area contributed by atoms with Gasteiger partial charge in [-0.05, 0) is 36.8 Å². The third kappa shape index (κ3) is 7.10. The minimum atomic E-state index is 0.513. The Kier molecular flexibility index (Phi) is 8.63. The largest absolute Gasteiger partial charge is 0.315 e. The minimum absolute atomic E-state index is 0.513. The van der Waals surface area contributed by atoms with Gasteiger partial charge in [-0.25, -0.2) is 0 Å². The van der Waals surface area contributed by atoms with Crippen molar-refractivity contribution < 1.29 is 0 Å². The smallest absolute Gasteiger partial charge is 0.0164 e. The molecule has 0 bridgehead atoms. The van der Waals surface area contributed by atoms with Crippen molar-refractivity contribution in [2.75, 3.05) is 19.6 Å². The van der Waals surface area contributed by atoms with Gasteiger partial charge in [0.1, 0.15) is 0 Å². The van der Waals surface area contributed by atoms with E-state index >= 15 is 0 Å². The van der Waals surface area contributed by atoms with Crippen LogP contribution in [-0.4, -0.2) is 25.7 Å². The molecule has 2 nitrogen and oxygen atoms in total. The van der Waals surface area contributed by atoms with E-state index in [1.165, 1.54) is 12.0 Å². The first-order chi connectivity index (χ1) is 10.0. The predicted molar refractivity (Wildman–Crippen MR) is 93.8 cm³/mol. The Morgan fingerprint density at radius 1 is 0.905 bits per heavy atom. The first kappa shape index (κ1) is 18.2. The summed E-state index contributed by atoms with van der Waals surface area (Å²) in [5, 5.41) is 7.24. The first-order valence-electron chi connectivity index (χ1n) is 8.53. The van der Waals surface area contributed by atoms with Crippen molar-refractivity contribution in [2.45, 2.75) is 53.0 Å². The maximum atomic E-state index is 3.71. The second-order valence-electron chi connectivity index (χ2n) is 6.76. The molecule has 0 spiro atoms. The van der Waals surface area contributed by atoms with Crippen molar-refractivity contribution in [3.8, 4) is 0 Å². The van der Waals surface area contributed by atoms with E-state index < -0.39 is 0 Å². The summed E-state index contributed by atoms with van der Waals surface area (Å²) in [5.41, 5.74) is 1.46. The molecule has 0 aromatic heterocycles. The topological polar surface area (TPSA) is 24.1 Å². The standard InChI is InChI=1S/C19H34N2/c1-6-16(4)19(18-10-8-7-9-11-18)14-21-17(5)13-20-12-15(2)3/h7-11,15-17,19-21H,6,12-14H2,1-5H3. The maximum absolute atomic E-state index is 3.71. The molecule has 0 aliphatic rings. The highest BCUT2D eigenvalue weighted by molar-refractivity contribution is 5.20. The Labute approximate surface area is 131 Å². The molecular formula is C19H34N2. The molecule has 0 fully saturated rings. The lowest BCUT2D eigenvalue weighted by Gasteiger charge is -2.26. The highest BCUT2D eigenvalue weighted by Crippen LogP contribution is 2.26. The predicted octanol–water partition coefficient (Wildman–Crippen LogP) is 4.04. The van der Waals surface area contributed by atoms with Crippen LogP contribution in [0.4, 0.5) is 0 Å². The van der Waals surface area contributed by atoms with Crippen LogP contribution in [0, 0.1) is 11.8 Å². The van der Waals surface area contributed by atoms with Crippen molar-refractivity contribution in [1.82, 2.24) is 10.6 Å². The third-order valence-electron chi connectivity index (χ3n) is 4.25. The average molecular weight is 290 g/mol. The van der Waals surface area contributed by atoms with Gasteiger partial charge in [-0.1, -0.05) is 64.4 Å². The summed E-state index contributed by atoms with van der Waals surface area (Å²) in [5.74, 6) is 2.02. The SMILES string of the molecule is CCC(C)C(CNC(C)CNCC(C)C)c1ccccc1. The van der Waals surface area contributed by atoms with Crippen molar-refractivity contribution in [3.63, 3.8) is 0 Å². The fraction of sp³-hybridized carbons (Fsp3) is 0.684. The highest BCUT2D eigenvalue weighted by Gasteiger charge is 2.18. The van der Waals surface area contributed by atoms with Crippen LogP contribution in [0.2, 0.25) is 0 Å². The molecule has 0 radical (unpaired) electrons. The zero-order chi connectivity index (χ0) is 15.7. The molecule has 0 saturated heterocycles. The Balaban J connectivity index is 2.47. The third-order valence-corrected chi connectivity index (χ3v) is 4.25. The van der Waals surface area contributed by atoms with Crippen molar-refractivity contribution in [3.05, 3.63) is 35.9 Å². The van der Waals surface area contributed by atoms with Gasteiger partial charge in [0.2, 0.25) is 0 Å². The zero-order valence-electron chi connectivity index (χ0n) is 14.5. The second kappa shape index (κ2) is 9.97. The van der Waals surface area contributed by atoms with Gasteiger partial charge in [0.15, 0.2) is 0 Å². The molecule has 0 heterocycles. The highest BCUT2D eigenvalue weighted by atomic mass is 15.0. The molecule has 21 heavy (non-hydrogen) atoms. The number of hydrogen-bond donors (Lipinski definition) is 2. The molecule has 0 aliphatic heterocycles. The fourth-order valence-corrected chi connectivity index (χ4v) is 2.62. The molecule has 2 heteroatoms. The van der Waals surface area contributed by atoms with Crippen LogP contribution < -0.4 is 10.6 Å². The van der Waals surface area contributed by atoms with Crippen LogP contribution in [-0.2, 0) is 0 Å². The summed E-state index contributed by atoms with van der Waals surface area (Å²) in [4.78, 5) is 0. The van der Waals surface area contributed by atoms with Crippen LogP contribution in [0.15, 0.2) is 30.3 Å². The molecule has 3 atom stereocenters. The van der Waals surface area contributed by atoms with Gasteiger partial charge in [-0.3, -0.25) is 0 Å². The van der Waals surface area contributed by atoms with Gasteiger partial charge in [-0.15, -0.1) is 0 Å². The lowest BCUT2D eigenvalue weighted by atomic mass is 9.85. The number of rotatable bonds is 10. The van der Waals surface area contributed by atoms with Gasteiger partial charge >= 0.3 is 0 Å². The van der Waals surface area contributed by atoms with E-state index in [9.17, 15) is 0 Å². The lowest BCUT2D eigenvalue weighted by molar-refractivity contribution is 0.390. The molecule has 2 N–H and O–H groups in total. The normalized spacial score (nSPS) is 15.9. The maximum Gasteiger partial charge on any atom is 0.0164 e. The van der Waals surface area contributed by atoms with Crippen LogP contribution in [0.25, 0.3) is 0 Å². The van der Waals surface area contributed by atoms with Crippen LogP contribution in [0.3, 0.4) is 0 Å². The molecular weight excluding hydrogens is 256 g/mol. The lowest BCUT2D eigenvalue weighted by Crippen LogP contribution is -2.40. The van der Waals surface area contributed by atoms with Gasteiger partial charge in [-0.2, -0.15) is 0 Å². The summed E-state index contributed by atoms with van der Waals surface area (Å²) in [7, 11) is 0. The van der Waals surface area contributed by atoms with E-state index in [1.54, 1.807) is 0 Å². The molecule has 0 amide bonds. The Bertz CT molecular complexity index is 361. The average Bonchev–Trinajstić information content (AvgIpc) is 2.47. The summed E-state index contributed by atoms with van der Waals surface area (Å²) in [6.07, 6.45) is 1.22. The first-order valence-corrected chi connectivity index (χ1v) is 8.53. The van der Waals surface area contributed by atoms with E-state index in [0.717, 1.165) is 25.6 Å². The van der Waals surface area contributed by atoms with Crippen molar-refractivity contribution in [2.24, 2.45) is 11.8 Å². The monoisotopic (exact) mass is 290 g/mol. The van der Waals surface area contributed by atoms with Crippen molar-refractivity contribution in [1.29, 1.82) is 0 Å². The quantitative estimate of drug-likeness (QED) is 0.679. The number of nitrogens with one attached hydrogen (secondary N) is 2. The summed E-state index contributed by atoms with van der Waals surface area (Å²) in [6, 6.07) is 11.4. The Hall–Kier alpha value is -0.860. The summed E-state index contributed by atoms with van der Waals surface area (Å²) >= 11 is 0. The van der Waals surface area contributed by atoms with E-state index in [1.807, 2.05) is 0 Å². The van der Waals surface area contributed by atoms with Gasteiger partial charge < -0.3 is 10.6 Å². The van der Waals surface area contributed by atoms with Crippen molar-refractivity contribution >= 4 is 0 Å². The molecule has 0 saturated carbocycles. The van der Waals surface area contributed by atoms with Gasteiger partial charge in [0.05, 0.1) is 0 Å². The van der Waals surface area contributed by atoms with Gasteiger partial charge in [0, 0.05) is 19.1 Å². The van der Waals surface area contributed by atoms with Gasteiger partial charge in [0.25, 0.3) is 0 Å². The molecule has 1 rings (SSSR count). The van der Waals surface area contributed by atoms with Crippen LogP contribution in [0.1, 0.15) is 52.5 Å². The van der Waals surface area contributed by atoms with E-state index in [4.69, 9.17) is 0 Å². The van der Waals surface area contributed by atoms with Crippen LogP contribution >= 0.6 is 0 Å².